The molecular weight excluding hydrogens is 270 g/mol. The molecule has 0 aliphatic heterocycles. The Hall–Kier alpha value is -2.31. The number of rotatable bonds is 1. The lowest BCUT2D eigenvalue weighted by molar-refractivity contribution is 0.959. The number of benzene rings is 2. The SMILES string of the molecule is Cc1ccc(-c2nc3c(C#N)cccc3n2C)cc1Cl. The van der Waals surface area contributed by atoms with E-state index in [2.05, 4.69) is 11.1 Å². The first-order valence-corrected chi connectivity index (χ1v) is 6.61. The molecule has 0 unspecified atom stereocenters. The number of hydrogen-bond donors (Lipinski definition) is 0. The summed E-state index contributed by atoms with van der Waals surface area (Å²) < 4.78 is 1.98. The highest BCUT2D eigenvalue weighted by Crippen LogP contribution is 2.28. The maximum Gasteiger partial charge on any atom is 0.140 e. The van der Waals surface area contributed by atoms with Crippen LogP contribution >= 0.6 is 11.6 Å². The van der Waals surface area contributed by atoms with Crippen molar-refractivity contribution in [3.63, 3.8) is 0 Å². The van der Waals surface area contributed by atoms with Crippen LogP contribution in [0, 0.1) is 18.3 Å². The normalized spacial score (nSPS) is 10.7. The second-order valence-electron chi connectivity index (χ2n) is 4.74. The average molecular weight is 282 g/mol. The van der Waals surface area contributed by atoms with Crippen LogP contribution < -0.4 is 0 Å². The highest BCUT2D eigenvalue weighted by Gasteiger charge is 2.13. The Morgan fingerprint density at radius 2 is 2.05 bits per heavy atom. The van der Waals surface area contributed by atoms with E-state index in [-0.39, 0.29) is 0 Å². The van der Waals surface area contributed by atoms with Crippen LogP contribution in [0.5, 0.6) is 0 Å². The highest BCUT2D eigenvalue weighted by molar-refractivity contribution is 6.31. The summed E-state index contributed by atoms with van der Waals surface area (Å²) in [6, 6.07) is 13.7. The summed E-state index contributed by atoms with van der Waals surface area (Å²) in [4.78, 5) is 4.61. The molecule has 0 atom stereocenters. The molecule has 3 aromatic rings. The molecule has 0 bridgehead atoms. The molecule has 0 radical (unpaired) electrons. The van der Waals surface area contributed by atoms with Gasteiger partial charge < -0.3 is 4.57 Å². The van der Waals surface area contributed by atoms with Crippen LogP contribution in [-0.4, -0.2) is 9.55 Å². The topological polar surface area (TPSA) is 41.6 Å². The Labute approximate surface area is 122 Å². The largest absolute Gasteiger partial charge is 0.327 e. The first kappa shape index (κ1) is 12.7. The number of nitrogens with zero attached hydrogens (tertiary/aromatic N) is 3. The van der Waals surface area contributed by atoms with Gasteiger partial charge in [0, 0.05) is 17.6 Å². The van der Waals surface area contributed by atoms with Crippen LogP contribution in [0.15, 0.2) is 36.4 Å². The summed E-state index contributed by atoms with van der Waals surface area (Å²) in [5, 5.41) is 9.88. The van der Waals surface area contributed by atoms with Gasteiger partial charge in [0.2, 0.25) is 0 Å². The third-order valence-electron chi connectivity index (χ3n) is 3.46. The van der Waals surface area contributed by atoms with E-state index in [9.17, 15) is 0 Å². The molecule has 0 N–H and O–H groups in total. The number of halogens is 1. The number of nitriles is 1. The highest BCUT2D eigenvalue weighted by atomic mass is 35.5. The molecule has 0 aliphatic rings. The Morgan fingerprint density at radius 3 is 2.75 bits per heavy atom. The van der Waals surface area contributed by atoms with Gasteiger partial charge in [0.15, 0.2) is 0 Å². The molecular formula is C16H12ClN3. The van der Waals surface area contributed by atoms with Crippen LogP contribution in [0.1, 0.15) is 11.1 Å². The van der Waals surface area contributed by atoms with Gasteiger partial charge in [0.25, 0.3) is 0 Å². The zero-order valence-corrected chi connectivity index (χ0v) is 11.9. The molecule has 0 amide bonds. The number of aryl methyl sites for hydroxylation is 2. The third kappa shape index (κ3) is 1.86. The van der Waals surface area contributed by atoms with Crippen LogP contribution in [0.25, 0.3) is 22.4 Å². The number of imidazole rings is 1. The van der Waals surface area contributed by atoms with Gasteiger partial charge in [-0.2, -0.15) is 5.26 Å². The van der Waals surface area contributed by atoms with Crippen LogP contribution in [0.4, 0.5) is 0 Å². The molecule has 0 saturated heterocycles. The third-order valence-corrected chi connectivity index (χ3v) is 3.87. The quantitative estimate of drug-likeness (QED) is 0.674. The van der Waals surface area contributed by atoms with Crippen molar-refractivity contribution < 1.29 is 0 Å². The van der Waals surface area contributed by atoms with E-state index in [0.717, 1.165) is 33.0 Å². The van der Waals surface area contributed by atoms with Crippen molar-refractivity contribution in [3.05, 3.63) is 52.5 Å². The monoisotopic (exact) mass is 281 g/mol. The Balaban J connectivity index is 2.29. The summed E-state index contributed by atoms with van der Waals surface area (Å²) in [6.07, 6.45) is 0. The average Bonchev–Trinajstić information content (AvgIpc) is 2.79. The van der Waals surface area contributed by atoms with Gasteiger partial charge in [-0.3, -0.25) is 0 Å². The fraction of sp³-hybridized carbons (Fsp3) is 0.125. The molecule has 0 fully saturated rings. The lowest BCUT2D eigenvalue weighted by Crippen LogP contribution is -1.92. The molecule has 1 heterocycles. The fourth-order valence-electron chi connectivity index (χ4n) is 2.29. The van der Waals surface area contributed by atoms with Crippen molar-refractivity contribution in [1.82, 2.24) is 9.55 Å². The van der Waals surface area contributed by atoms with E-state index in [1.54, 1.807) is 6.07 Å². The zero-order chi connectivity index (χ0) is 14.3. The van der Waals surface area contributed by atoms with Crippen LogP contribution in [0.2, 0.25) is 5.02 Å². The molecule has 3 nitrogen and oxygen atoms in total. The van der Waals surface area contributed by atoms with Crippen molar-refractivity contribution in [3.8, 4) is 17.5 Å². The number of aromatic nitrogens is 2. The molecule has 0 aliphatic carbocycles. The maximum absolute atomic E-state index is 9.17. The van der Waals surface area contributed by atoms with E-state index < -0.39 is 0 Å². The van der Waals surface area contributed by atoms with Crippen molar-refractivity contribution in [2.45, 2.75) is 6.92 Å². The Morgan fingerprint density at radius 1 is 1.25 bits per heavy atom. The molecule has 2 aromatic carbocycles. The first-order chi connectivity index (χ1) is 9.61. The van der Waals surface area contributed by atoms with E-state index in [4.69, 9.17) is 16.9 Å². The van der Waals surface area contributed by atoms with Crippen LogP contribution in [-0.2, 0) is 7.05 Å². The lowest BCUT2D eigenvalue weighted by atomic mass is 10.1. The molecule has 98 valence electrons. The van der Waals surface area contributed by atoms with Gasteiger partial charge in [-0.05, 0) is 30.7 Å². The van der Waals surface area contributed by atoms with Gasteiger partial charge in [-0.25, -0.2) is 4.98 Å². The summed E-state index contributed by atoms with van der Waals surface area (Å²) in [5.41, 5.74) is 4.23. The van der Waals surface area contributed by atoms with Gasteiger partial charge in [0.05, 0.1) is 11.1 Å². The van der Waals surface area contributed by atoms with E-state index in [1.807, 2.05) is 48.9 Å². The van der Waals surface area contributed by atoms with Gasteiger partial charge >= 0.3 is 0 Å². The van der Waals surface area contributed by atoms with Gasteiger partial charge in [-0.1, -0.05) is 29.8 Å². The van der Waals surface area contributed by atoms with Crippen molar-refractivity contribution in [2.75, 3.05) is 0 Å². The predicted molar refractivity (Wildman–Crippen MR) is 80.6 cm³/mol. The van der Waals surface area contributed by atoms with Crippen LogP contribution in [0.3, 0.4) is 0 Å². The smallest absolute Gasteiger partial charge is 0.140 e. The van der Waals surface area contributed by atoms with E-state index >= 15 is 0 Å². The molecule has 0 spiro atoms. The lowest BCUT2D eigenvalue weighted by Gasteiger charge is -2.04. The summed E-state index contributed by atoms with van der Waals surface area (Å²) in [7, 11) is 1.94. The zero-order valence-electron chi connectivity index (χ0n) is 11.2. The Bertz CT molecular complexity index is 856. The predicted octanol–water partition coefficient (Wildman–Crippen LogP) is 4.07. The second-order valence-corrected chi connectivity index (χ2v) is 5.15. The summed E-state index contributed by atoms with van der Waals surface area (Å²) >= 11 is 6.18. The molecule has 1 aromatic heterocycles. The fourth-order valence-corrected chi connectivity index (χ4v) is 2.48. The van der Waals surface area contributed by atoms with Gasteiger partial charge in [0.1, 0.15) is 17.4 Å². The van der Waals surface area contributed by atoms with Gasteiger partial charge in [-0.15, -0.1) is 0 Å². The molecule has 0 saturated carbocycles. The van der Waals surface area contributed by atoms with E-state index in [1.165, 1.54) is 0 Å². The summed E-state index contributed by atoms with van der Waals surface area (Å²) in [6.45, 7) is 1.97. The van der Waals surface area contributed by atoms with Crippen molar-refractivity contribution >= 4 is 22.6 Å². The summed E-state index contributed by atoms with van der Waals surface area (Å²) in [5.74, 6) is 0.810. The maximum atomic E-state index is 9.17. The molecule has 3 rings (SSSR count). The minimum Gasteiger partial charge on any atom is -0.327 e. The van der Waals surface area contributed by atoms with Crippen molar-refractivity contribution in [1.29, 1.82) is 5.26 Å². The standard InChI is InChI=1S/C16H12ClN3/c1-10-6-7-11(8-13(10)17)16-19-15-12(9-18)4-3-5-14(15)20(16)2/h3-8H,1-2H3. The Kier molecular flexibility index (Phi) is 2.96. The van der Waals surface area contributed by atoms with Crippen molar-refractivity contribution in [2.24, 2.45) is 7.05 Å². The first-order valence-electron chi connectivity index (χ1n) is 6.24. The molecule has 4 heteroatoms. The number of fused-ring (bicyclic) bond motifs is 1. The second kappa shape index (κ2) is 4.66. The minimum atomic E-state index is 0.586. The minimum absolute atomic E-state index is 0.586. The van der Waals surface area contributed by atoms with E-state index in [0.29, 0.717) is 5.56 Å². The molecule has 20 heavy (non-hydrogen) atoms. The number of hydrogen-bond acceptors (Lipinski definition) is 2. The number of para-hydroxylation sites is 1.